The van der Waals surface area contributed by atoms with Crippen LogP contribution in [0.4, 0.5) is 0 Å². The fourth-order valence-corrected chi connectivity index (χ4v) is 0.653. The number of hydrogen-bond acceptors (Lipinski definition) is 2. The Morgan fingerprint density at radius 1 is 1.56 bits per heavy atom. The minimum atomic E-state index is -3.87. The summed E-state index contributed by atoms with van der Waals surface area (Å²) in [7, 11) is -3.87. The Kier molecular flexibility index (Phi) is 7.45. The summed E-state index contributed by atoms with van der Waals surface area (Å²) < 4.78 is 27.8. The standard InChI is InChI=1S/C4H8O3S.Na.H/c1-2-3-4-8(5,6)7;;/h3-4H,2H2,1H3,(H,5,6,7);;. The first-order valence-electron chi connectivity index (χ1n) is 2.20. The van der Waals surface area contributed by atoms with Crippen molar-refractivity contribution in [2.45, 2.75) is 13.3 Å². The van der Waals surface area contributed by atoms with Crippen molar-refractivity contribution in [1.82, 2.24) is 0 Å². The molecule has 5 heteroatoms. The Morgan fingerprint density at radius 3 is 2.11 bits per heavy atom. The first kappa shape index (κ1) is 12.3. The molecule has 0 spiro atoms. The third-order valence-corrected chi connectivity index (χ3v) is 1.04. The van der Waals surface area contributed by atoms with Gasteiger partial charge >= 0.3 is 29.6 Å². The zero-order valence-corrected chi connectivity index (χ0v) is 5.35. The number of allylic oxidation sites excluding steroid dienone is 1. The van der Waals surface area contributed by atoms with Crippen molar-refractivity contribution in [2.75, 3.05) is 0 Å². The van der Waals surface area contributed by atoms with Crippen LogP contribution in [0.3, 0.4) is 0 Å². The average molecular weight is 160 g/mol. The van der Waals surface area contributed by atoms with E-state index >= 15 is 0 Å². The van der Waals surface area contributed by atoms with Gasteiger partial charge in [0.1, 0.15) is 0 Å². The Bertz CT molecular complexity index is 170. The average Bonchev–Trinajstić information content (AvgIpc) is 1.59. The van der Waals surface area contributed by atoms with Crippen LogP contribution in [0.15, 0.2) is 11.5 Å². The molecular weight excluding hydrogens is 151 g/mol. The quantitative estimate of drug-likeness (QED) is 0.462. The van der Waals surface area contributed by atoms with Crippen molar-refractivity contribution < 1.29 is 13.0 Å². The van der Waals surface area contributed by atoms with E-state index in [0.717, 1.165) is 5.41 Å². The van der Waals surface area contributed by atoms with Crippen LogP contribution in [0.25, 0.3) is 0 Å². The fraction of sp³-hybridized carbons (Fsp3) is 0.500. The van der Waals surface area contributed by atoms with Gasteiger partial charge in [-0.15, -0.1) is 0 Å². The molecule has 0 bridgehead atoms. The van der Waals surface area contributed by atoms with E-state index in [-0.39, 0.29) is 29.6 Å². The van der Waals surface area contributed by atoms with Gasteiger partial charge in [0.05, 0.1) is 5.41 Å². The van der Waals surface area contributed by atoms with E-state index in [4.69, 9.17) is 4.55 Å². The Balaban J connectivity index is 0. The van der Waals surface area contributed by atoms with Crippen LogP contribution in [0.1, 0.15) is 13.3 Å². The van der Waals surface area contributed by atoms with Crippen molar-refractivity contribution in [1.29, 1.82) is 0 Å². The van der Waals surface area contributed by atoms with Gasteiger partial charge in [0.15, 0.2) is 0 Å². The number of hydrogen-bond donors (Lipinski definition) is 1. The zero-order chi connectivity index (χ0) is 6.62. The summed E-state index contributed by atoms with van der Waals surface area (Å²) in [6.45, 7) is 1.78. The van der Waals surface area contributed by atoms with Crippen molar-refractivity contribution in [3.8, 4) is 0 Å². The second-order valence-corrected chi connectivity index (χ2v) is 2.60. The zero-order valence-electron chi connectivity index (χ0n) is 4.53. The van der Waals surface area contributed by atoms with Gasteiger partial charge in [0, 0.05) is 0 Å². The second kappa shape index (κ2) is 5.44. The predicted molar refractivity (Wildman–Crippen MR) is 38.1 cm³/mol. The molecule has 50 valence electrons. The summed E-state index contributed by atoms with van der Waals surface area (Å²) in [4.78, 5) is 0. The van der Waals surface area contributed by atoms with Gasteiger partial charge in [-0.25, -0.2) is 0 Å². The molecule has 0 rings (SSSR count). The first-order valence-corrected chi connectivity index (χ1v) is 3.70. The molecule has 0 aromatic heterocycles. The van der Waals surface area contributed by atoms with Gasteiger partial charge < -0.3 is 0 Å². The van der Waals surface area contributed by atoms with Crippen molar-refractivity contribution >= 4 is 39.7 Å². The summed E-state index contributed by atoms with van der Waals surface area (Å²) in [5.74, 6) is 0. The monoisotopic (exact) mass is 160 g/mol. The van der Waals surface area contributed by atoms with Crippen molar-refractivity contribution in [3.63, 3.8) is 0 Å². The van der Waals surface area contributed by atoms with Gasteiger partial charge in [-0.2, -0.15) is 8.42 Å². The summed E-state index contributed by atoms with van der Waals surface area (Å²) >= 11 is 0. The van der Waals surface area contributed by atoms with Gasteiger partial charge in [0.25, 0.3) is 10.1 Å². The molecule has 1 N–H and O–H groups in total. The van der Waals surface area contributed by atoms with E-state index in [2.05, 4.69) is 0 Å². The van der Waals surface area contributed by atoms with Gasteiger partial charge in [-0.1, -0.05) is 13.0 Å². The molecule has 3 nitrogen and oxygen atoms in total. The molecule has 0 aliphatic carbocycles. The summed E-state index contributed by atoms with van der Waals surface area (Å²) in [6.07, 6.45) is 1.98. The Hall–Kier alpha value is 0.650. The van der Waals surface area contributed by atoms with E-state index < -0.39 is 10.1 Å². The molecule has 0 heterocycles. The Morgan fingerprint density at radius 2 is 2.00 bits per heavy atom. The fourth-order valence-electron chi connectivity index (χ4n) is 0.218. The van der Waals surface area contributed by atoms with Gasteiger partial charge in [-0.3, -0.25) is 4.55 Å². The molecule has 0 unspecified atom stereocenters. The van der Waals surface area contributed by atoms with Crippen LogP contribution in [0.2, 0.25) is 0 Å². The van der Waals surface area contributed by atoms with Crippen LogP contribution in [0.5, 0.6) is 0 Å². The SMILES string of the molecule is CCC=CS(=O)(=O)O.[NaH]. The molecule has 0 fully saturated rings. The van der Waals surface area contributed by atoms with Crippen LogP contribution in [-0.2, 0) is 10.1 Å². The second-order valence-electron chi connectivity index (χ2n) is 1.30. The summed E-state index contributed by atoms with van der Waals surface area (Å²) in [5, 5.41) is 0.771. The number of rotatable bonds is 2. The molecule has 0 aromatic carbocycles. The van der Waals surface area contributed by atoms with Crippen molar-refractivity contribution in [3.05, 3.63) is 11.5 Å². The maximum absolute atomic E-state index is 9.86. The first-order chi connectivity index (χ1) is 3.56. The molecule has 0 saturated heterocycles. The van der Waals surface area contributed by atoms with Crippen molar-refractivity contribution in [2.24, 2.45) is 0 Å². The van der Waals surface area contributed by atoms with E-state index in [1.807, 2.05) is 0 Å². The van der Waals surface area contributed by atoms with E-state index in [1.165, 1.54) is 6.08 Å². The summed E-state index contributed by atoms with van der Waals surface area (Å²) in [5.41, 5.74) is 0. The molecule has 9 heavy (non-hydrogen) atoms. The molecule has 0 atom stereocenters. The topological polar surface area (TPSA) is 54.4 Å². The molecule has 0 amide bonds. The maximum atomic E-state index is 9.86. The van der Waals surface area contributed by atoms with E-state index in [1.54, 1.807) is 6.92 Å². The molecule has 0 radical (unpaired) electrons. The normalized spacial score (nSPS) is 11.3. The summed E-state index contributed by atoms with van der Waals surface area (Å²) in [6, 6.07) is 0. The third-order valence-electron chi connectivity index (χ3n) is 0.504. The minimum absolute atomic E-state index is 0. The third kappa shape index (κ3) is 12.0. The molecule has 0 aliphatic rings. The van der Waals surface area contributed by atoms with Crippen LogP contribution < -0.4 is 0 Å². The molecule has 0 aromatic rings. The van der Waals surface area contributed by atoms with Gasteiger partial charge in [0.2, 0.25) is 0 Å². The molecule has 0 saturated carbocycles. The van der Waals surface area contributed by atoms with E-state index in [0.29, 0.717) is 6.42 Å². The van der Waals surface area contributed by atoms with Crippen LogP contribution in [-0.4, -0.2) is 42.5 Å². The van der Waals surface area contributed by atoms with E-state index in [9.17, 15) is 8.42 Å². The van der Waals surface area contributed by atoms with Crippen LogP contribution in [0, 0.1) is 0 Å². The van der Waals surface area contributed by atoms with Gasteiger partial charge in [-0.05, 0) is 6.42 Å². The predicted octanol–water partition coefficient (Wildman–Crippen LogP) is 0.149. The molecular formula is C4H9NaO3S. The van der Waals surface area contributed by atoms with Crippen LogP contribution >= 0.6 is 0 Å². The molecule has 0 aliphatic heterocycles. The Labute approximate surface area is 77.2 Å².